The molecule has 20 heavy (non-hydrogen) atoms. The van der Waals surface area contributed by atoms with Gasteiger partial charge in [-0.05, 0) is 25.7 Å². The van der Waals surface area contributed by atoms with Crippen molar-refractivity contribution >= 4 is 26.0 Å². The summed E-state index contributed by atoms with van der Waals surface area (Å²) in [5.41, 5.74) is 0. The molecule has 4 heteroatoms. The van der Waals surface area contributed by atoms with Crippen molar-refractivity contribution in [1.29, 1.82) is 0 Å². The summed E-state index contributed by atoms with van der Waals surface area (Å²) >= 11 is 6.61. The van der Waals surface area contributed by atoms with E-state index < -0.39 is 0 Å². The fourth-order valence-corrected chi connectivity index (χ4v) is 2.64. The minimum absolute atomic E-state index is 0.292. The molecule has 0 unspecified atom stereocenters. The summed E-state index contributed by atoms with van der Waals surface area (Å²) in [6, 6.07) is 0. The van der Waals surface area contributed by atoms with Crippen molar-refractivity contribution in [3.8, 4) is 0 Å². The van der Waals surface area contributed by atoms with Crippen molar-refractivity contribution in [2.75, 3.05) is 26.2 Å². The van der Waals surface area contributed by atoms with E-state index >= 15 is 0 Å². The monoisotopic (exact) mass is 597 g/mol. The van der Waals surface area contributed by atoms with Crippen LogP contribution in [0.25, 0.3) is 0 Å². The number of hydrogen-bond acceptors (Lipinski definition) is 0. The van der Waals surface area contributed by atoms with Gasteiger partial charge in [-0.15, -0.1) is 0 Å². The Balaban J connectivity index is 0. The Morgan fingerprint density at radius 3 is 0.950 bits per heavy atom. The van der Waals surface area contributed by atoms with E-state index in [1.54, 1.807) is 0 Å². The maximum atomic E-state index is 3.16. The van der Waals surface area contributed by atoms with E-state index in [0.717, 1.165) is 0 Å². The zero-order valence-electron chi connectivity index (χ0n) is 14.0. The van der Waals surface area contributed by atoms with Crippen LogP contribution in [0.15, 0.2) is 0 Å². The summed E-state index contributed by atoms with van der Waals surface area (Å²) in [6.07, 6.45) is 11.1. The second-order valence-electron chi connectivity index (χ2n) is 5.69. The fraction of sp³-hybridized carbons (Fsp3) is 1.00. The van der Waals surface area contributed by atoms with Crippen molar-refractivity contribution in [3.05, 3.63) is 0 Å². The summed E-state index contributed by atoms with van der Waals surface area (Å²) in [4.78, 5) is 0. The molecule has 0 bridgehead atoms. The standard InChI is InChI=1S/C16H36N.Au.2BrH/c1-5-9-13-17(14-10-6-2,15-11-7-3)16-12-8-4;;;/h5-16H2,1-4H3;;2*1H/q+1;+2;;/p-2. The summed E-state index contributed by atoms with van der Waals surface area (Å²) in [5.74, 6) is 0. The second-order valence-corrected chi connectivity index (χ2v) is 15.2. The molecule has 0 aliphatic carbocycles. The van der Waals surface area contributed by atoms with Crippen molar-refractivity contribution in [3.63, 3.8) is 0 Å². The molecule has 0 aromatic heterocycles. The van der Waals surface area contributed by atoms with Gasteiger partial charge >= 0.3 is 41.5 Å². The summed E-state index contributed by atoms with van der Waals surface area (Å²) in [5, 5.41) is 0. The van der Waals surface area contributed by atoms with Gasteiger partial charge in [-0.3, -0.25) is 0 Å². The predicted molar refractivity (Wildman–Crippen MR) is 97.2 cm³/mol. The molecule has 0 spiro atoms. The first-order chi connectivity index (χ1) is 9.66. The van der Waals surface area contributed by atoms with Crippen molar-refractivity contribution in [2.45, 2.75) is 79.1 Å². The molecule has 0 rings (SSSR count). The van der Waals surface area contributed by atoms with Crippen LogP contribution in [0.3, 0.4) is 0 Å². The number of quaternary nitrogens is 1. The van der Waals surface area contributed by atoms with Gasteiger partial charge in [-0.25, -0.2) is 0 Å². The van der Waals surface area contributed by atoms with Gasteiger partial charge in [-0.1, -0.05) is 53.4 Å². The van der Waals surface area contributed by atoms with Crippen LogP contribution in [0, 0.1) is 0 Å². The van der Waals surface area contributed by atoms with Gasteiger partial charge in [0.1, 0.15) is 0 Å². The Labute approximate surface area is 150 Å². The topological polar surface area (TPSA) is 0 Å². The summed E-state index contributed by atoms with van der Waals surface area (Å²) in [6.45, 7) is 15.0. The Morgan fingerprint density at radius 2 is 0.800 bits per heavy atom. The van der Waals surface area contributed by atoms with E-state index in [4.69, 9.17) is 0 Å². The number of rotatable bonds is 12. The summed E-state index contributed by atoms with van der Waals surface area (Å²) < 4.78 is 1.42. The van der Waals surface area contributed by atoms with Crippen LogP contribution >= 0.6 is 26.0 Å². The first-order valence-electron chi connectivity index (χ1n) is 8.32. The average Bonchev–Trinajstić information content (AvgIpc) is 2.46. The molecule has 0 aromatic carbocycles. The number of unbranched alkanes of at least 4 members (excludes halogenated alkanes) is 4. The normalized spacial score (nSPS) is 11.3. The molecule has 1 nitrogen and oxygen atoms in total. The molecule has 0 amide bonds. The molecule has 0 saturated carbocycles. The van der Waals surface area contributed by atoms with Gasteiger partial charge in [-0.2, -0.15) is 0 Å². The Bertz CT molecular complexity index is 142. The molecular formula is C16H36AuBr2N+. The third-order valence-corrected chi connectivity index (χ3v) is 3.94. The second kappa shape index (κ2) is 18.7. The first-order valence-corrected chi connectivity index (χ1v) is 17.8. The zero-order valence-corrected chi connectivity index (χ0v) is 19.3. The SMILES string of the molecule is CCCC[N+](CCCC)(CCCC)CCCC.[Br][Au][Br]. The predicted octanol–water partition coefficient (Wildman–Crippen LogP) is 6.69. The van der Waals surface area contributed by atoms with Crippen molar-refractivity contribution in [2.24, 2.45) is 0 Å². The zero-order chi connectivity index (χ0) is 15.7. The van der Waals surface area contributed by atoms with E-state index in [2.05, 4.69) is 53.7 Å². The molecule has 0 aliphatic rings. The molecule has 0 fully saturated rings. The van der Waals surface area contributed by atoms with E-state index in [1.807, 2.05) is 0 Å². The van der Waals surface area contributed by atoms with Crippen LogP contribution in [0.1, 0.15) is 79.1 Å². The van der Waals surface area contributed by atoms with Gasteiger partial charge in [0.25, 0.3) is 0 Å². The maximum absolute atomic E-state index is 3.16. The third kappa shape index (κ3) is 14.6. The van der Waals surface area contributed by atoms with E-state index in [9.17, 15) is 0 Å². The van der Waals surface area contributed by atoms with Crippen molar-refractivity contribution in [1.82, 2.24) is 0 Å². The average molecular weight is 599 g/mol. The summed E-state index contributed by atoms with van der Waals surface area (Å²) in [7, 11) is 0. The van der Waals surface area contributed by atoms with Crippen LogP contribution in [0.5, 0.6) is 0 Å². The van der Waals surface area contributed by atoms with Gasteiger partial charge < -0.3 is 4.48 Å². The third-order valence-electron chi connectivity index (χ3n) is 3.94. The van der Waals surface area contributed by atoms with E-state index in [1.165, 1.54) is 82.0 Å². The molecule has 0 atom stereocenters. The minimum atomic E-state index is 0.292. The molecule has 0 saturated heterocycles. The van der Waals surface area contributed by atoms with Crippen LogP contribution in [0.4, 0.5) is 0 Å². The molecule has 0 N–H and O–H groups in total. The Hall–Kier alpha value is 1.66. The fourth-order valence-electron chi connectivity index (χ4n) is 2.64. The Kier molecular flexibility index (Phi) is 22.4. The number of halogens is 2. The number of nitrogens with zero attached hydrogens (tertiary/aromatic N) is 1. The van der Waals surface area contributed by atoms with Crippen LogP contribution in [0.2, 0.25) is 0 Å². The van der Waals surface area contributed by atoms with E-state index in [0.29, 0.717) is 15.5 Å². The van der Waals surface area contributed by atoms with Crippen LogP contribution < -0.4 is 0 Å². The molecular weight excluding hydrogens is 563 g/mol. The van der Waals surface area contributed by atoms with Gasteiger partial charge in [0.15, 0.2) is 0 Å². The van der Waals surface area contributed by atoms with Crippen LogP contribution in [-0.4, -0.2) is 30.7 Å². The van der Waals surface area contributed by atoms with Gasteiger partial charge in [0.2, 0.25) is 0 Å². The quantitative estimate of drug-likeness (QED) is 0.173. The van der Waals surface area contributed by atoms with Crippen LogP contribution in [-0.2, 0) is 15.5 Å². The molecule has 0 aliphatic heterocycles. The van der Waals surface area contributed by atoms with Gasteiger partial charge in [0.05, 0.1) is 26.2 Å². The molecule has 0 aromatic rings. The molecule has 0 heterocycles. The molecule has 129 valence electrons. The van der Waals surface area contributed by atoms with E-state index in [-0.39, 0.29) is 0 Å². The van der Waals surface area contributed by atoms with Crippen molar-refractivity contribution < 1.29 is 20.0 Å². The first kappa shape index (κ1) is 23.9. The number of hydrogen-bond donors (Lipinski definition) is 0. The Morgan fingerprint density at radius 1 is 0.600 bits per heavy atom. The molecule has 0 radical (unpaired) electrons. The van der Waals surface area contributed by atoms with Gasteiger partial charge in [0, 0.05) is 0 Å².